The standard InChI is InChI=1S/C14H14F4N4O/c1-6-11-8(12(15)16)4-9(13(17)18)20-14(11)22(21-6)5-10(23)19-7-2-3-7/h4,7,12-13H,2-3,5H2,1H3,(H,19,23). The van der Waals surface area contributed by atoms with E-state index in [0.29, 0.717) is 6.07 Å². The van der Waals surface area contributed by atoms with E-state index in [1.54, 1.807) is 0 Å². The summed E-state index contributed by atoms with van der Waals surface area (Å²) in [6.07, 6.45) is -4.13. The minimum absolute atomic E-state index is 0.0172. The van der Waals surface area contributed by atoms with Crippen molar-refractivity contribution in [2.24, 2.45) is 0 Å². The van der Waals surface area contributed by atoms with Crippen molar-refractivity contribution < 1.29 is 22.4 Å². The van der Waals surface area contributed by atoms with Gasteiger partial charge in [0.05, 0.1) is 11.1 Å². The fourth-order valence-corrected chi connectivity index (χ4v) is 2.44. The second-order valence-corrected chi connectivity index (χ2v) is 5.52. The number of aryl methyl sites for hydroxylation is 1. The number of hydrogen-bond donors (Lipinski definition) is 1. The molecule has 1 fully saturated rings. The molecule has 124 valence electrons. The topological polar surface area (TPSA) is 59.8 Å². The van der Waals surface area contributed by atoms with Crippen LogP contribution in [0.2, 0.25) is 0 Å². The molecule has 2 aromatic rings. The van der Waals surface area contributed by atoms with Crippen LogP contribution in [0.4, 0.5) is 17.6 Å². The van der Waals surface area contributed by atoms with E-state index in [9.17, 15) is 22.4 Å². The first kappa shape index (κ1) is 15.7. The Morgan fingerprint density at radius 3 is 2.61 bits per heavy atom. The third-order valence-electron chi connectivity index (χ3n) is 3.62. The van der Waals surface area contributed by atoms with Crippen LogP contribution >= 0.6 is 0 Å². The maximum Gasteiger partial charge on any atom is 0.280 e. The normalized spacial score (nSPS) is 14.9. The molecule has 2 heterocycles. The predicted octanol–water partition coefficient (Wildman–Crippen LogP) is 2.89. The second kappa shape index (κ2) is 5.78. The maximum atomic E-state index is 13.2. The largest absolute Gasteiger partial charge is 0.352 e. The van der Waals surface area contributed by atoms with Gasteiger partial charge in [0.2, 0.25) is 5.91 Å². The number of halogens is 4. The molecule has 0 aromatic carbocycles. The van der Waals surface area contributed by atoms with Gasteiger partial charge in [-0.15, -0.1) is 0 Å². The monoisotopic (exact) mass is 330 g/mol. The first-order valence-electron chi connectivity index (χ1n) is 7.10. The average Bonchev–Trinajstić information content (AvgIpc) is 3.22. The van der Waals surface area contributed by atoms with Crippen molar-refractivity contribution >= 4 is 16.9 Å². The summed E-state index contributed by atoms with van der Waals surface area (Å²) in [7, 11) is 0. The van der Waals surface area contributed by atoms with Crippen molar-refractivity contribution in [1.82, 2.24) is 20.1 Å². The van der Waals surface area contributed by atoms with Crippen LogP contribution in [0, 0.1) is 6.92 Å². The molecule has 0 spiro atoms. The van der Waals surface area contributed by atoms with Gasteiger partial charge in [-0.1, -0.05) is 0 Å². The zero-order valence-corrected chi connectivity index (χ0v) is 12.2. The first-order valence-corrected chi connectivity index (χ1v) is 7.10. The van der Waals surface area contributed by atoms with Crippen LogP contribution < -0.4 is 5.32 Å². The third kappa shape index (κ3) is 3.13. The molecule has 0 atom stereocenters. The predicted molar refractivity (Wildman–Crippen MR) is 73.3 cm³/mol. The Hall–Kier alpha value is -2.19. The number of fused-ring (bicyclic) bond motifs is 1. The van der Waals surface area contributed by atoms with Crippen LogP contribution in [0.5, 0.6) is 0 Å². The number of rotatable bonds is 5. The highest BCUT2D eigenvalue weighted by molar-refractivity contribution is 5.85. The van der Waals surface area contributed by atoms with Crippen molar-refractivity contribution in [1.29, 1.82) is 0 Å². The second-order valence-electron chi connectivity index (χ2n) is 5.52. The lowest BCUT2D eigenvalue weighted by molar-refractivity contribution is -0.121. The van der Waals surface area contributed by atoms with Gasteiger partial charge in [-0.25, -0.2) is 27.2 Å². The maximum absolute atomic E-state index is 13.2. The molecular formula is C14H14F4N4O. The Balaban J connectivity index is 2.05. The number of carbonyl (C=O) groups excluding carboxylic acids is 1. The first-order chi connectivity index (χ1) is 10.9. The zero-order valence-electron chi connectivity index (χ0n) is 12.2. The van der Waals surface area contributed by atoms with Crippen LogP contribution in [0.15, 0.2) is 6.07 Å². The van der Waals surface area contributed by atoms with E-state index < -0.39 is 24.1 Å². The van der Waals surface area contributed by atoms with E-state index >= 15 is 0 Å². The van der Waals surface area contributed by atoms with Crippen molar-refractivity contribution in [2.75, 3.05) is 0 Å². The van der Waals surface area contributed by atoms with Crippen LogP contribution in [-0.2, 0) is 11.3 Å². The summed E-state index contributed by atoms with van der Waals surface area (Å²) in [6, 6.07) is 0.827. The molecule has 0 aliphatic heterocycles. The molecule has 2 aromatic heterocycles. The van der Waals surface area contributed by atoms with Crippen molar-refractivity contribution in [2.45, 2.75) is 45.2 Å². The van der Waals surface area contributed by atoms with E-state index in [4.69, 9.17) is 0 Å². The molecule has 1 N–H and O–H groups in total. The molecule has 0 radical (unpaired) electrons. The van der Waals surface area contributed by atoms with E-state index in [0.717, 1.165) is 17.5 Å². The van der Waals surface area contributed by atoms with Gasteiger partial charge in [0.25, 0.3) is 12.9 Å². The Bertz CT molecular complexity index is 755. The molecule has 1 aliphatic carbocycles. The summed E-state index contributed by atoms with van der Waals surface area (Å²) in [5.41, 5.74) is -1.20. The van der Waals surface area contributed by atoms with E-state index in [1.807, 2.05) is 0 Å². The van der Waals surface area contributed by atoms with Gasteiger partial charge in [-0.3, -0.25) is 4.79 Å². The summed E-state index contributed by atoms with van der Waals surface area (Å²) in [5, 5.41) is 6.76. The number of amides is 1. The Kier molecular flexibility index (Phi) is 3.95. The molecular weight excluding hydrogens is 316 g/mol. The lowest BCUT2D eigenvalue weighted by atomic mass is 10.1. The minimum Gasteiger partial charge on any atom is -0.352 e. The van der Waals surface area contributed by atoms with E-state index in [2.05, 4.69) is 15.4 Å². The highest BCUT2D eigenvalue weighted by Crippen LogP contribution is 2.32. The number of carbonyl (C=O) groups is 1. The summed E-state index contributed by atoms with van der Waals surface area (Å²) >= 11 is 0. The lowest BCUT2D eigenvalue weighted by Gasteiger charge is -2.08. The summed E-state index contributed by atoms with van der Waals surface area (Å²) < 4.78 is 53.3. The average molecular weight is 330 g/mol. The molecule has 1 aliphatic rings. The van der Waals surface area contributed by atoms with Crippen LogP contribution in [-0.4, -0.2) is 26.7 Å². The molecule has 23 heavy (non-hydrogen) atoms. The molecule has 0 saturated heterocycles. The number of nitrogens with zero attached hydrogens (tertiary/aromatic N) is 3. The van der Waals surface area contributed by atoms with E-state index in [-0.39, 0.29) is 35.2 Å². The fourth-order valence-electron chi connectivity index (χ4n) is 2.44. The molecule has 5 nitrogen and oxygen atoms in total. The fraction of sp³-hybridized carbons (Fsp3) is 0.500. The van der Waals surface area contributed by atoms with Gasteiger partial charge in [0, 0.05) is 11.6 Å². The quantitative estimate of drug-likeness (QED) is 0.858. The summed E-state index contributed by atoms with van der Waals surface area (Å²) in [6.45, 7) is 1.23. The van der Waals surface area contributed by atoms with Crippen LogP contribution in [0.1, 0.15) is 42.6 Å². The lowest BCUT2D eigenvalue weighted by Crippen LogP contribution is -2.29. The van der Waals surface area contributed by atoms with Gasteiger partial charge < -0.3 is 5.32 Å². The van der Waals surface area contributed by atoms with Crippen molar-refractivity contribution in [3.8, 4) is 0 Å². The summed E-state index contributed by atoms with van der Waals surface area (Å²) in [4.78, 5) is 15.6. The number of pyridine rings is 1. The van der Waals surface area contributed by atoms with Crippen molar-refractivity contribution in [3.05, 3.63) is 23.0 Å². The van der Waals surface area contributed by atoms with Gasteiger partial charge in [0.1, 0.15) is 12.2 Å². The Morgan fingerprint density at radius 2 is 2.04 bits per heavy atom. The van der Waals surface area contributed by atoms with Crippen molar-refractivity contribution in [3.63, 3.8) is 0 Å². The molecule has 1 amide bonds. The number of hydrogen-bond acceptors (Lipinski definition) is 3. The van der Waals surface area contributed by atoms with Crippen LogP contribution in [0.3, 0.4) is 0 Å². The SMILES string of the molecule is Cc1nn(CC(=O)NC2CC2)c2nc(C(F)F)cc(C(F)F)c12. The van der Waals surface area contributed by atoms with E-state index in [1.165, 1.54) is 6.92 Å². The molecule has 1 saturated carbocycles. The molecule has 9 heteroatoms. The zero-order chi connectivity index (χ0) is 16.7. The number of alkyl halides is 4. The minimum atomic E-state index is -2.99. The number of aromatic nitrogens is 3. The smallest absolute Gasteiger partial charge is 0.280 e. The van der Waals surface area contributed by atoms with Crippen LogP contribution in [0.25, 0.3) is 11.0 Å². The number of nitrogens with one attached hydrogen (secondary N) is 1. The van der Waals surface area contributed by atoms with Gasteiger partial charge in [-0.2, -0.15) is 5.10 Å². The third-order valence-corrected chi connectivity index (χ3v) is 3.62. The molecule has 0 bridgehead atoms. The highest BCUT2D eigenvalue weighted by atomic mass is 19.3. The Labute approximate surface area is 128 Å². The van der Waals surface area contributed by atoms with Gasteiger partial charge in [0.15, 0.2) is 5.65 Å². The molecule has 3 rings (SSSR count). The highest BCUT2D eigenvalue weighted by Gasteiger charge is 2.26. The Morgan fingerprint density at radius 1 is 1.35 bits per heavy atom. The summed E-state index contributed by atoms with van der Waals surface area (Å²) in [5.74, 6) is -0.347. The van der Waals surface area contributed by atoms with Gasteiger partial charge >= 0.3 is 0 Å². The van der Waals surface area contributed by atoms with Gasteiger partial charge in [-0.05, 0) is 25.8 Å². The molecule has 0 unspecified atom stereocenters.